The van der Waals surface area contributed by atoms with Crippen LogP contribution in [0.4, 0.5) is 11.4 Å². The van der Waals surface area contributed by atoms with Gasteiger partial charge in [0.15, 0.2) is 0 Å². The molecule has 0 aromatic heterocycles. The van der Waals surface area contributed by atoms with E-state index in [9.17, 15) is 0 Å². The van der Waals surface area contributed by atoms with Crippen LogP contribution in [0, 0.1) is 0 Å². The number of nitrogen functional groups attached to an aromatic ring is 2. The molecule has 1 heterocycles. The first kappa shape index (κ1) is 13.5. The third kappa shape index (κ3) is 2.53. The molecule has 4 heteroatoms. The van der Waals surface area contributed by atoms with Crippen molar-refractivity contribution in [2.45, 2.75) is 19.5 Å². The molecular weight excluding hydrogens is 314 g/mol. The van der Waals surface area contributed by atoms with E-state index in [-0.39, 0.29) is 0 Å². The van der Waals surface area contributed by atoms with Gasteiger partial charge in [0.2, 0.25) is 0 Å². The number of hydrogen-bond acceptors (Lipinski definition) is 3. The van der Waals surface area contributed by atoms with Crippen molar-refractivity contribution in [1.82, 2.24) is 4.90 Å². The minimum atomic E-state index is 0.673. The Morgan fingerprint density at radius 1 is 1.10 bits per heavy atom. The maximum absolute atomic E-state index is 6.11. The molecule has 1 aliphatic rings. The molecule has 0 bridgehead atoms. The maximum atomic E-state index is 6.11. The van der Waals surface area contributed by atoms with Crippen molar-refractivity contribution in [1.29, 1.82) is 0 Å². The largest absolute Gasteiger partial charge is 0.397 e. The molecule has 0 unspecified atom stereocenters. The van der Waals surface area contributed by atoms with Gasteiger partial charge in [-0.15, -0.1) is 0 Å². The van der Waals surface area contributed by atoms with Crippen LogP contribution < -0.4 is 11.5 Å². The third-order valence-corrected chi connectivity index (χ3v) is 4.59. The molecule has 0 amide bonds. The first-order chi connectivity index (χ1) is 9.65. The number of rotatable bonds is 2. The third-order valence-electron chi connectivity index (χ3n) is 3.88. The number of nitrogens with zero attached hydrogens (tertiary/aromatic N) is 1. The molecule has 1 aliphatic heterocycles. The molecule has 0 fully saturated rings. The van der Waals surface area contributed by atoms with Gasteiger partial charge in [0.25, 0.3) is 0 Å². The number of nitrogens with two attached hydrogens (primary N) is 2. The van der Waals surface area contributed by atoms with E-state index in [1.54, 1.807) is 0 Å². The average molecular weight is 332 g/mol. The van der Waals surface area contributed by atoms with E-state index in [1.165, 1.54) is 16.7 Å². The molecule has 0 spiro atoms. The summed E-state index contributed by atoms with van der Waals surface area (Å²) < 4.78 is 1.07. The molecule has 0 radical (unpaired) electrons. The zero-order valence-corrected chi connectivity index (χ0v) is 12.9. The normalized spacial score (nSPS) is 15.1. The van der Waals surface area contributed by atoms with Gasteiger partial charge in [0.05, 0.1) is 11.4 Å². The van der Waals surface area contributed by atoms with Gasteiger partial charge < -0.3 is 11.5 Å². The maximum Gasteiger partial charge on any atom is 0.0584 e. The molecule has 104 valence electrons. The highest BCUT2D eigenvalue weighted by Crippen LogP contribution is 2.35. The minimum Gasteiger partial charge on any atom is -0.397 e. The zero-order chi connectivity index (χ0) is 14.1. The van der Waals surface area contributed by atoms with Crippen molar-refractivity contribution in [2.75, 3.05) is 18.0 Å². The van der Waals surface area contributed by atoms with Crippen LogP contribution in [0.25, 0.3) is 0 Å². The molecule has 3 nitrogen and oxygen atoms in total. The fourth-order valence-corrected chi connectivity index (χ4v) is 3.40. The van der Waals surface area contributed by atoms with Crippen molar-refractivity contribution in [3.63, 3.8) is 0 Å². The van der Waals surface area contributed by atoms with Crippen molar-refractivity contribution in [2.24, 2.45) is 0 Å². The van der Waals surface area contributed by atoms with Gasteiger partial charge in [-0.2, -0.15) is 0 Å². The van der Waals surface area contributed by atoms with Gasteiger partial charge in [0.1, 0.15) is 0 Å². The highest BCUT2D eigenvalue weighted by molar-refractivity contribution is 9.10. The molecule has 4 N–H and O–H groups in total. The molecule has 0 saturated carbocycles. The van der Waals surface area contributed by atoms with Gasteiger partial charge in [-0.25, -0.2) is 0 Å². The van der Waals surface area contributed by atoms with Crippen molar-refractivity contribution in [3.8, 4) is 0 Å². The van der Waals surface area contributed by atoms with Gasteiger partial charge in [-0.3, -0.25) is 4.90 Å². The van der Waals surface area contributed by atoms with E-state index in [2.05, 4.69) is 51.2 Å². The summed E-state index contributed by atoms with van der Waals surface area (Å²) in [5, 5.41) is 0. The molecule has 2 aromatic rings. The van der Waals surface area contributed by atoms with Crippen LogP contribution in [-0.4, -0.2) is 11.4 Å². The van der Waals surface area contributed by atoms with E-state index in [1.807, 2.05) is 6.07 Å². The Balaban J connectivity index is 1.84. The number of benzene rings is 2. The van der Waals surface area contributed by atoms with Crippen LogP contribution in [0.3, 0.4) is 0 Å². The van der Waals surface area contributed by atoms with Gasteiger partial charge in [-0.1, -0.05) is 46.3 Å². The zero-order valence-electron chi connectivity index (χ0n) is 11.3. The van der Waals surface area contributed by atoms with E-state index in [0.717, 1.165) is 36.2 Å². The summed E-state index contributed by atoms with van der Waals surface area (Å²) in [5.41, 5.74) is 17.3. The Hall–Kier alpha value is -1.52. The summed E-state index contributed by atoms with van der Waals surface area (Å²) in [6.45, 7) is 2.90. The Morgan fingerprint density at radius 3 is 2.60 bits per heavy atom. The lowest BCUT2D eigenvalue weighted by molar-refractivity contribution is 0.245. The summed E-state index contributed by atoms with van der Waals surface area (Å²) in [6, 6.07) is 12.5. The number of fused-ring (bicyclic) bond motifs is 1. The molecule has 0 atom stereocenters. The SMILES string of the molecule is Nc1cc(Br)c2c(c1N)CCN(Cc1ccccc1)C2. The van der Waals surface area contributed by atoms with Crippen LogP contribution in [0.15, 0.2) is 40.9 Å². The number of hydrogen-bond donors (Lipinski definition) is 2. The Bertz CT molecular complexity index is 625. The fraction of sp³-hybridized carbons (Fsp3) is 0.250. The molecule has 20 heavy (non-hydrogen) atoms. The summed E-state index contributed by atoms with van der Waals surface area (Å²) in [5.74, 6) is 0. The summed E-state index contributed by atoms with van der Waals surface area (Å²) >= 11 is 3.62. The second-order valence-electron chi connectivity index (χ2n) is 5.26. The number of halogens is 1. The predicted octanol–water partition coefficient (Wildman–Crippen LogP) is 3.17. The lowest BCUT2D eigenvalue weighted by atomic mass is 9.96. The summed E-state index contributed by atoms with van der Waals surface area (Å²) in [4.78, 5) is 2.44. The lowest BCUT2D eigenvalue weighted by Crippen LogP contribution is -2.31. The van der Waals surface area contributed by atoms with Crippen molar-refractivity contribution < 1.29 is 0 Å². The standard InChI is InChI=1S/C16H18BrN3/c17-14-8-15(18)16(19)12-6-7-20(10-13(12)14)9-11-4-2-1-3-5-11/h1-5,8H,6-7,9-10,18-19H2. The van der Waals surface area contributed by atoms with Crippen LogP contribution in [0.2, 0.25) is 0 Å². The minimum absolute atomic E-state index is 0.673. The van der Waals surface area contributed by atoms with E-state index in [0.29, 0.717) is 5.69 Å². The highest BCUT2D eigenvalue weighted by atomic mass is 79.9. The van der Waals surface area contributed by atoms with Crippen LogP contribution in [-0.2, 0) is 19.5 Å². The Morgan fingerprint density at radius 2 is 1.85 bits per heavy atom. The first-order valence-electron chi connectivity index (χ1n) is 6.76. The molecule has 0 aliphatic carbocycles. The Kier molecular flexibility index (Phi) is 3.68. The van der Waals surface area contributed by atoms with Gasteiger partial charge in [0, 0.05) is 24.1 Å². The van der Waals surface area contributed by atoms with Crippen LogP contribution in [0.1, 0.15) is 16.7 Å². The van der Waals surface area contributed by atoms with Gasteiger partial charge >= 0.3 is 0 Å². The van der Waals surface area contributed by atoms with E-state index >= 15 is 0 Å². The van der Waals surface area contributed by atoms with Crippen molar-refractivity contribution in [3.05, 3.63) is 57.6 Å². The average Bonchev–Trinajstić information content (AvgIpc) is 2.46. The molecule has 3 rings (SSSR count). The lowest BCUT2D eigenvalue weighted by Gasteiger charge is -2.30. The smallest absolute Gasteiger partial charge is 0.0584 e. The van der Waals surface area contributed by atoms with E-state index in [4.69, 9.17) is 11.5 Å². The molecular formula is C16H18BrN3. The van der Waals surface area contributed by atoms with Crippen molar-refractivity contribution >= 4 is 27.3 Å². The fourth-order valence-electron chi connectivity index (χ4n) is 2.79. The second-order valence-corrected chi connectivity index (χ2v) is 6.12. The Labute approximate surface area is 127 Å². The monoisotopic (exact) mass is 331 g/mol. The summed E-state index contributed by atoms with van der Waals surface area (Å²) in [6.07, 6.45) is 0.956. The molecule has 2 aromatic carbocycles. The molecule has 0 saturated heterocycles. The second kappa shape index (κ2) is 5.46. The predicted molar refractivity (Wildman–Crippen MR) is 87.2 cm³/mol. The van der Waals surface area contributed by atoms with Crippen LogP contribution in [0.5, 0.6) is 0 Å². The van der Waals surface area contributed by atoms with E-state index < -0.39 is 0 Å². The van der Waals surface area contributed by atoms with Gasteiger partial charge in [-0.05, 0) is 29.2 Å². The first-order valence-corrected chi connectivity index (χ1v) is 7.56. The summed E-state index contributed by atoms with van der Waals surface area (Å²) in [7, 11) is 0. The van der Waals surface area contributed by atoms with Crippen LogP contribution >= 0.6 is 15.9 Å². The quantitative estimate of drug-likeness (QED) is 0.831. The topological polar surface area (TPSA) is 55.3 Å². The number of anilines is 2. The highest BCUT2D eigenvalue weighted by Gasteiger charge is 2.21.